The van der Waals surface area contributed by atoms with Gasteiger partial charge in [-0.1, -0.05) is 0 Å². The lowest BCUT2D eigenvalue weighted by Gasteiger charge is -1.98. The van der Waals surface area contributed by atoms with Crippen LogP contribution in [0.2, 0.25) is 0 Å². The Morgan fingerprint density at radius 3 is 2.64 bits per heavy atom. The Labute approximate surface area is 62.4 Å². The van der Waals surface area contributed by atoms with E-state index in [0.29, 0.717) is 0 Å². The van der Waals surface area contributed by atoms with Crippen LogP contribution in [0.4, 0.5) is 0 Å². The highest BCUT2D eigenvalue weighted by Gasteiger charge is 2.31. The molecule has 0 aliphatic carbocycles. The zero-order valence-corrected chi connectivity index (χ0v) is 5.66. The first kappa shape index (κ1) is 7.71. The van der Waals surface area contributed by atoms with Gasteiger partial charge in [0.1, 0.15) is 0 Å². The summed E-state index contributed by atoms with van der Waals surface area (Å²) in [7, 11) is 0. The van der Waals surface area contributed by atoms with E-state index in [1.165, 1.54) is 0 Å². The Balaban J connectivity index is 2.53. The summed E-state index contributed by atoms with van der Waals surface area (Å²) < 4.78 is 0. The number of carbonyl (C=O) groups is 3. The van der Waals surface area contributed by atoms with Crippen molar-refractivity contribution in [3.8, 4) is 0 Å². The summed E-state index contributed by atoms with van der Waals surface area (Å²) >= 11 is 0. The predicted octanol–water partition coefficient (Wildman–Crippen LogP) is -0.876. The Hall–Kier alpha value is -1.39. The molecule has 1 unspecified atom stereocenters. The number of nitrogens with one attached hydrogen (secondary N) is 1. The van der Waals surface area contributed by atoms with Crippen molar-refractivity contribution in [2.75, 3.05) is 0 Å². The van der Waals surface area contributed by atoms with Crippen molar-refractivity contribution in [3.05, 3.63) is 0 Å². The normalized spacial score (nSPS) is 23.5. The number of hydrogen-bond donors (Lipinski definition) is 2. The first-order chi connectivity index (χ1) is 5.09. The van der Waals surface area contributed by atoms with Crippen molar-refractivity contribution >= 4 is 17.8 Å². The second kappa shape index (κ2) is 2.69. The number of amides is 2. The number of hydrogen-bond acceptors (Lipinski definition) is 3. The molecule has 2 N–H and O–H groups in total. The van der Waals surface area contributed by atoms with Crippen molar-refractivity contribution in [1.29, 1.82) is 0 Å². The maximum Gasteiger partial charge on any atom is 0.304 e. The third-order valence-corrected chi connectivity index (χ3v) is 1.49. The van der Waals surface area contributed by atoms with Crippen LogP contribution < -0.4 is 5.32 Å². The fourth-order valence-corrected chi connectivity index (χ4v) is 0.983. The summed E-state index contributed by atoms with van der Waals surface area (Å²) in [5, 5.41) is 10.3. The van der Waals surface area contributed by atoms with E-state index < -0.39 is 17.8 Å². The Kier molecular flexibility index (Phi) is 1.89. The van der Waals surface area contributed by atoms with E-state index in [4.69, 9.17) is 5.11 Å². The minimum Gasteiger partial charge on any atom is -0.481 e. The number of rotatable bonds is 2. The second-order valence-corrected chi connectivity index (χ2v) is 2.41. The highest BCUT2D eigenvalue weighted by atomic mass is 16.4. The van der Waals surface area contributed by atoms with Crippen LogP contribution in [0.1, 0.15) is 12.8 Å². The molecule has 1 aliphatic heterocycles. The molecule has 1 atom stereocenters. The molecule has 2 amide bonds. The minimum absolute atomic E-state index is 0.00509. The molecule has 0 radical (unpaired) electrons. The largest absolute Gasteiger partial charge is 0.481 e. The van der Waals surface area contributed by atoms with Gasteiger partial charge in [0.2, 0.25) is 11.8 Å². The number of imide groups is 1. The summed E-state index contributed by atoms with van der Waals surface area (Å²) in [4.78, 5) is 31.4. The smallest absolute Gasteiger partial charge is 0.304 e. The van der Waals surface area contributed by atoms with Gasteiger partial charge >= 0.3 is 5.97 Å². The molecule has 60 valence electrons. The van der Waals surface area contributed by atoms with Gasteiger partial charge in [0, 0.05) is 6.42 Å². The summed E-state index contributed by atoms with van der Waals surface area (Å²) in [5.41, 5.74) is 0. The van der Waals surface area contributed by atoms with E-state index in [0.717, 1.165) is 0 Å². The minimum atomic E-state index is -1.06. The van der Waals surface area contributed by atoms with Gasteiger partial charge in [-0.3, -0.25) is 19.7 Å². The Morgan fingerprint density at radius 2 is 2.27 bits per heavy atom. The molecular formula is C6H7NO4. The molecule has 0 aromatic heterocycles. The number of carboxylic acid groups (broad SMARTS) is 1. The van der Waals surface area contributed by atoms with Crippen molar-refractivity contribution in [2.45, 2.75) is 12.8 Å². The quantitative estimate of drug-likeness (QED) is 0.510. The van der Waals surface area contributed by atoms with Gasteiger partial charge in [0.15, 0.2) is 0 Å². The van der Waals surface area contributed by atoms with Crippen LogP contribution >= 0.6 is 0 Å². The first-order valence-corrected chi connectivity index (χ1v) is 3.15. The fraction of sp³-hybridized carbons (Fsp3) is 0.500. The van der Waals surface area contributed by atoms with Crippen LogP contribution in [0.3, 0.4) is 0 Å². The van der Waals surface area contributed by atoms with E-state index in [1.807, 2.05) is 5.32 Å². The molecule has 5 nitrogen and oxygen atoms in total. The molecule has 1 heterocycles. The molecule has 0 aromatic rings. The lowest BCUT2D eigenvalue weighted by Crippen LogP contribution is -2.23. The molecule has 1 rings (SSSR count). The van der Waals surface area contributed by atoms with E-state index in [1.54, 1.807) is 0 Å². The van der Waals surface area contributed by atoms with E-state index in [9.17, 15) is 14.4 Å². The van der Waals surface area contributed by atoms with Gasteiger partial charge in [-0.25, -0.2) is 0 Å². The molecule has 1 saturated heterocycles. The molecule has 1 fully saturated rings. The topological polar surface area (TPSA) is 83.5 Å². The highest BCUT2D eigenvalue weighted by molar-refractivity contribution is 6.04. The number of aliphatic carboxylic acids is 1. The van der Waals surface area contributed by atoms with Crippen molar-refractivity contribution < 1.29 is 19.5 Å². The van der Waals surface area contributed by atoms with Crippen LogP contribution in [-0.2, 0) is 14.4 Å². The van der Waals surface area contributed by atoms with Gasteiger partial charge in [-0.05, 0) is 0 Å². The maximum atomic E-state index is 10.7. The van der Waals surface area contributed by atoms with Crippen LogP contribution in [0.25, 0.3) is 0 Å². The zero-order chi connectivity index (χ0) is 8.43. The molecule has 0 saturated carbocycles. The van der Waals surface area contributed by atoms with Crippen LogP contribution in [0, 0.1) is 5.92 Å². The standard InChI is InChI=1S/C6H7NO4/c8-4-1-3(2-5(9)10)6(11)7-4/h3H,1-2H2,(H,9,10)(H,7,8,11). The fourth-order valence-electron chi connectivity index (χ4n) is 0.983. The third-order valence-electron chi connectivity index (χ3n) is 1.49. The third kappa shape index (κ3) is 1.76. The summed E-state index contributed by atoms with van der Waals surface area (Å²) in [6.45, 7) is 0. The lowest BCUT2D eigenvalue weighted by molar-refractivity contribution is -0.140. The van der Waals surface area contributed by atoms with Crippen molar-refractivity contribution in [3.63, 3.8) is 0 Å². The highest BCUT2D eigenvalue weighted by Crippen LogP contribution is 2.14. The molecule has 11 heavy (non-hydrogen) atoms. The zero-order valence-electron chi connectivity index (χ0n) is 5.66. The Morgan fingerprint density at radius 1 is 1.64 bits per heavy atom. The predicted molar refractivity (Wildman–Crippen MR) is 33.5 cm³/mol. The van der Waals surface area contributed by atoms with Gasteiger partial charge in [0.05, 0.1) is 12.3 Å². The summed E-state index contributed by atoms with van der Waals surface area (Å²) in [6, 6.07) is 0. The molecule has 0 aromatic carbocycles. The van der Waals surface area contributed by atoms with Gasteiger partial charge in [-0.15, -0.1) is 0 Å². The molecule has 5 heteroatoms. The maximum absolute atomic E-state index is 10.7. The number of carboxylic acids is 1. The average molecular weight is 157 g/mol. The van der Waals surface area contributed by atoms with Crippen molar-refractivity contribution in [1.82, 2.24) is 5.32 Å². The van der Waals surface area contributed by atoms with Gasteiger partial charge < -0.3 is 5.11 Å². The van der Waals surface area contributed by atoms with Crippen LogP contribution in [0.5, 0.6) is 0 Å². The average Bonchev–Trinajstić information content (AvgIpc) is 2.09. The lowest BCUT2D eigenvalue weighted by atomic mass is 10.0. The second-order valence-electron chi connectivity index (χ2n) is 2.41. The van der Waals surface area contributed by atoms with Crippen LogP contribution in [0.15, 0.2) is 0 Å². The van der Waals surface area contributed by atoms with E-state index in [2.05, 4.69) is 0 Å². The van der Waals surface area contributed by atoms with Gasteiger partial charge in [-0.2, -0.15) is 0 Å². The molecule has 0 bridgehead atoms. The van der Waals surface area contributed by atoms with Crippen molar-refractivity contribution in [2.24, 2.45) is 5.92 Å². The Bertz CT molecular complexity index is 223. The monoisotopic (exact) mass is 157 g/mol. The molecular weight excluding hydrogens is 150 g/mol. The molecule has 0 spiro atoms. The van der Waals surface area contributed by atoms with E-state index >= 15 is 0 Å². The summed E-state index contributed by atoms with van der Waals surface area (Å²) in [5.74, 6) is -2.58. The van der Waals surface area contributed by atoms with Crippen LogP contribution in [-0.4, -0.2) is 22.9 Å². The number of carbonyl (C=O) groups excluding carboxylic acids is 2. The summed E-state index contributed by atoms with van der Waals surface area (Å²) in [6.07, 6.45) is -0.261. The SMILES string of the molecule is O=C(O)CC1CC(=O)NC1=O. The van der Waals surface area contributed by atoms with E-state index in [-0.39, 0.29) is 18.7 Å². The molecule has 1 aliphatic rings. The first-order valence-electron chi connectivity index (χ1n) is 3.15. The van der Waals surface area contributed by atoms with Gasteiger partial charge in [0.25, 0.3) is 0 Å².